The fourth-order valence-corrected chi connectivity index (χ4v) is 2.18. The number of nitriles is 1. The number of unbranched alkanes of at least 4 members (excludes halogenated alkanes) is 1. The van der Waals surface area contributed by atoms with Crippen LogP contribution in [0.2, 0.25) is 0 Å². The highest BCUT2D eigenvalue weighted by Gasteiger charge is 2.07. The molecule has 1 heterocycles. The van der Waals surface area contributed by atoms with Crippen LogP contribution in [0.25, 0.3) is 10.9 Å². The number of nitrogens with one attached hydrogen (secondary N) is 1. The number of benzene rings is 1. The van der Waals surface area contributed by atoms with Gasteiger partial charge in [-0.3, -0.25) is 4.98 Å². The molecule has 0 saturated carbocycles. The lowest BCUT2D eigenvalue weighted by Gasteiger charge is -2.12. The van der Waals surface area contributed by atoms with E-state index in [4.69, 9.17) is 0 Å². The third kappa shape index (κ3) is 3.46. The molecule has 0 saturated heterocycles. The van der Waals surface area contributed by atoms with Gasteiger partial charge in [0.25, 0.3) is 0 Å². The van der Waals surface area contributed by atoms with E-state index in [9.17, 15) is 5.26 Å². The molecule has 0 amide bonds. The zero-order chi connectivity index (χ0) is 14.4. The molecule has 0 fully saturated rings. The van der Waals surface area contributed by atoms with Crippen LogP contribution in [-0.4, -0.2) is 37.1 Å². The molecule has 4 nitrogen and oxygen atoms in total. The summed E-state index contributed by atoms with van der Waals surface area (Å²) < 4.78 is 0. The number of rotatable bonds is 6. The van der Waals surface area contributed by atoms with Gasteiger partial charge < -0.3 is 10.2 Å². The van der Waals surface area contributed by atoms with Crippen LogP contribution in [0.15, 0.2) is 30.5 Å². The molecule has 104 valence electrons. The van der Waals surface area contributed by atoms with Gasteiger partial charge in [-0.25, -0.2) is 0 Å². The summed E-state index contributed by atoms with van der Waals surface area (Å²) in [6, 6.07) is 10.1. The van der Waals surface area contributed by atoms with Gasteiger partial charge in [0.1, 0.15) is 6.07 Å². The Bertz CT molecular complexity index is 613. The van der Waals surface area contributed by atoms with Crippen molar-refractivity contribution in [2.75, 3.05) is 32.5 Å². The summed E-state index contributed by atoms with van der Waals surface area (Å²) in [4.78, 5) is 6.49. The van der Waals surface area contributed by atoms with Crippen LogP contribution in [-0.2, 0) is 0 Å². The third-order valence-corrected chi connectivity index (χ3v) is 3.23. The third-order valence-electron chi connectivity index (χ3n) is 3.23. The van der Waals surface area contributed by atoms with Crippen molar-refractivity contribution in [3.63, 3.8) is 0 Å². The molecule has 0 aliphatic rings. The first-order valence-corrected chi connectivity index (χ1v) is 6.89. The van der Waals surface area contributed by atoms with E-state index in [1.54, 1.807) is 6.20 Å². The second-order valence-corrected chi connectivity index (χ2v) is 5.11. The minimum Gasteiger partial charge on any atom is -0.383 e. The van der Waals surface area contributed by atoms with Gasteiger partial charge >= 0.3 is 0 Å². The number of hydrogen-bond acceptors (Lipinski definition) is 4. The van der Waals surface area contributed by atoms with E-state index in [2.05, 4.69) is 35.4 Å². The fourth-order valence-electron chi connectivity index (χ4n) is 2.18. The van der Waals surface area contributed by atoms with Crippen LogP contribution in [0.3, 0.4) is 0 Å². The summed E-state index contributed by atoms with van der Waals surface area (Å²) in [6.07, 6.45) is 3.87. The van der Waals surface area contributed by atoms with Crippen LogP contribution in [0.5, 0.6) is 0 Å². The first kappa shape index (κ1) is 14.3. The number of aromatic nitrogens is 1. The second-order valence-electron chi connectivity index (χ2n) is 5.11. The lowest BCUT2D eigenvalue weighted by molar-refractivity contribution is 0.396. The predicted octanol–water partition coefficient (Wildman–Crippen LogP) is 2.86. The molecule has 20 heavy (non-hydrogen) atoms. The van der Waals surface area contributed by atoms with Crippen LogP contribution in [0.1, 0.15) is 18.4 Å². The molecule has 0 aliphatic carbocycles. The van der Waals surface area contributed by atoms with E-state index in [0.717, 1.165) is 42.5 Å². The summed E-state index contributed by atoms with van der Waals surface area (Å²) in [6.45, 7) is 1.96. The first-order valence-electron chi connectivity index (χ1n) is 6.89. The van der Waals surface area contributed by atoms with Crippen molar-refractivity contribution in [3.8, 4) is 6.07 Å². The molecule has 0 atom stereocenters. The number of para-hydroxylation sites is 1. The van der Waals surface area contributed by atoms with Crippen molar-refractivity contribution in [1.29, 1.82) is 5.26 Å². The van der Waals surface area contributed by atoms with E-state index in [0.29, 0.717) is 5.56 Å². The Morgan fingerprint density at radius 1 is 1.25 bits per heavy atom. The Balaban J connectivity index is 2.10. The van der Waals surface area contributed by atoms with Gasteiger partial charge in [0.15, 0.2) is 0 Å². The maximum Gasteiger partial charge on any atom is 0.103 e. The highest BCUT2D eigenvalue weighted by molar-refractivity contribution is 5.93. The van der Waals surface area contributed by atoms with E-state index >= 15 is 0 Å². The van der Waals surface area contributed by atoms with Gasteiger partial charge in [0.05, 0.1) is 16.8 Å². The molecule has 1 aromatic heterocycles. The number of hydrogen-bond donors (Lipinski definition) is 1. The van der Waals surface area contributed by atoms with Gasteiger partial charge in [0, 0.05) is 18.1 Å². The van der Waals surface area contributed by atoms with Gasteiger partial charge in [0.2, 0.25) is 0 Å². The number of fused-ring (bicyclic) bond motifs is 1. The fraction of sp³-hybridized carbons (Fsp3) is 0.375. The zero-order valence-electron chi connectivity index (χ0n) is 12.1. The molecule has 2 aromatic rings. The van der Waals surface area contributed by atoms with Gasteiger partial charge in [-0.1, -0.05) is 18.2 Å². The number of pyridine rings is 1. The van der Waals surface area contributed by atoms with Crippen molar-refractivity contribution in [3.05, 3.63) is 36.0 Å². The van der Waals surface area contributed by atoms with Crippen molar-refractivity contribution in [1.82, 2.24) is 9.88 Å². The molecule has 2 rings (SSSR count). The second kappa shape index (κ2) is 6.88. The van der Waals surface area contributed by atoms with E-state index < -0.39 is 0 Å². The van der Waals surface area contributed by atoms with E-state index in [1.165, 1.54) is 0 Å². The highest BCUT2D eigenvalue weighted by atomic mass is 15.0. The SMILES string of the molecule is CN(C)CCCCNc1c(C#N)cnc2ccccc12. The minimum absolute atomic E-state index is 0.608. The minimum atomic E-state index is 0.608. The predicted molar refractivity (Wildman–Crippen MR) is 82.7 cm³/mol. The van der Waals surface area contributed by atoms with Crippen LogP contribution < -0.4 is 5.32 Å². The molecule has 0 aliphatic heterocycles. The molecule has 0 radical (unpaired) electrons. The van der Waals surface area contributed by atoms with Crippen LogP contribution >= 0.6 is 0 Å². The lowest BCUT2D eigenvalue weighted by atomic mass is 10.1. The Morgan fingerprint density at radius 2 is 2.05 bits per heavy atom. The standard InChI is InChI=1S/C16H20N4/c1-20(2)10-6-5-9-18-16-13(11-17)12-19-15-8-4-3-7-14(15)16/h3-4,7-8,12H,5-6,9-10H2,1-2H3,(H,18,19). The number of nitrogens with zero attached hydrogens (tertiary/aromatic N) is 3. The molecule has 0 unspecified atom stereocenters. The molecule has 0 spiro atoms. The normalized spacial score (nSPS) is 10.7. The molecular formula is C16H20N4. The van der Waals surface area contributed by atoms with Gasteiger partial charge in [-0.05, 0) is 39.5 Å². The smallest absolute Gasteiger partial charge is 0.103 e. The zero-order valence-corrected chi connectivity index (χ0v) is 12.1. The average Bonchev–Trinajstić information content (AvgIpc) is 2.46. The van der Waals surface area contributed by atoms with Crippen molar-refractivity contribution >= 4 is 16.6 Å². The van der Waals surface area contributed by atoms with Crippen molar-refractivity contribution < 1.29 is 0 Å². The molecule has 1 N–H and O–H groups in total. The quantitative estimate of drug-likeness (QED) is 0.818. The molecule has 4 heteroatoms. The van der Waals surface area contributed by atoms with Crippen LogP contribution in [0, 0.1) is 11.3 Å². The Kier molecular flexibility index (Phi) is 4.91. The summed E-state index contributed by atoms with van der Waals surface area (Å²) in [5.41, 5.74) is 2.43. The van der Waals surface area contributed by atoms with E-state index in [-0.39, 0.29) is 0 Å². The molecule has 0 bridgehead atoms. The summed E-state index contributed by atoms with van der Waals surface area (Å²) in [5, 5.41) is 13.6. The monoisotopic (exact) mass is 268 g/mol. The van der Waals surface area contributed by atoms with E-state index in [1.807, 2.05) is 24.3 Å². The maximum absolute atomic E-state index is 9.22. The summed E-state index contributed by atoms with van der Waals surface area (Å²) in [7, 11) is 4.16. The largest absolute Gasteiger partial charge is 0.383 e. The topological polar surface area (TPSA) is 52.0 Å². The average molecular weight is 268 g/mol. The van der Waals surface area contributed by atoms with Gasteiger partial charge in [-0.2, -0.15) is 5.26 Å². The van der Waals surface area contributed by atoms with Crippen LogP contribution in [0.4, 0.5) is 5.69 Å². The highest BCUT2D eigenvalue weighted by Crippen LogP contribution is 2.25. The Labute approximate surface area is 120 Å². The molecule has 1 aromatic carbocycles. The van der Waals surface area contributed by atoms with Crippen molar-refractivity contribution in [2.45, 2.75) is 12.8 Å². The Morgan fingerprint density at radius 3 is 2.80 bits per heavy atom. The van der Waals surface area contributed by atoms with Crippen molar-refractivity contribution in [2.24, 2.45) is 0 Å². The summed E-state index contributed by atoms with van der Waals surface area (Å²) >= 11 is 0. The Hall–Kier alpha value is -2.12. The maximum atomic E-state index is 9.22. The summed E-state index contributed by atoms with van der Waals surface area (Å²) in [5.74, 6) is 0. The first-order chi connectivity index (χ1) is 9.72. The number of anilines is 1. The van der Waals surface area contributed by atoms with Gasteiger partial charge in [-0.15, -0.1) is 0 Å². The lowest BCUT2D eigenvalue weighted by Crippen LogP contribution is -2.14. The molecular weight excluding hydrogens is 248 g/mol.